The maximum absolute atomic E-state index is 12.5. The van der Waals surface area contributed by atoms with E-state index in [2.05, 4.69) is 4.72 Å². The molecule has 2 aromatic carbocycles. The van der Waals surface area contributed by atoms with Crippen LogP contribution < -0.4 is 9.62 Å². The summed E-state index contributed by atoms with van der Waals surface area (Å²) < 4.78 is 32.3. The molecule has 0 saturated heterocycles. The van der Waals surface area contributed by atoms with Gasteiger partial charge in [-0.15, -0.1) is 0 Å². The summed E-state index contributed by atoms with van der Waals surface area (Å²) in [6.07, 6.45) is 0.594. The van der Waals surface area contributed by atoms with Crippen LogP contribution in [0.2, 0.25) is 0 Å². The fourth-order valence-electron chi connectivity index (χ4n) is 2.90. The van der Waals surface area contributed by atoms with Crippen LogP contribution in [0.5, 0.6) is 0 Å². The summed E-state index contributed by atoms with van der Waals surface area (Å²) in [7, 11) is -2.54. The molecule has 1 aliphatic heterocycles. The molecule has 9 nitrogen and oxygen atoms in total. The molecule has 0 atom stereocenters. The summed E-state index contributed by atoms with van der Waals surface area (Å²) in [5.74, 6) is -0.166. The minimum atomic E-state index is -3.98. The van der Waals surface area contributed by atoms with E-state index in [0.29, 0.717) is 18.7 Å². The quantitative estimate of drug-likeness (QED) is 0.594. The van der Waals surface area contributed by atoms with Crippen LogP contribution in [-0.4, -0.2) is 39.5 Å². The largest absolute Gasteiger partial charge is 0.375 e. The Bertz CT molecular complexity index is 1010. The van der Waals surface area contributed by atoms with Crippen molar-refractivity contribution in [3.05, 3.63) is 58.1 Å². The predicted octanol–water partition coefficient (Wildman–Crippen LogP) is 1.93. The van der Waals surface area contributed by atoms with Gasteiger partial charge in [-0.1, -0.05) is 6.07 Å². The first kappa shape index (κ1) is 18.8. The molecule has 27 heavy (non-hydrogen) atoms. The molecule has 142 valence electrons. The maximum atomic E-state index is 12.5. The van der Waals surface area contributed by atoms with E-state index in [1.807, 2.05) is 0 Å². The van der Waals surface area contributed by atoms with Gasteiger partial charge in [-0.05, 0) is 36.2 Å². The number of nitro benzene ring substituents is 1. The Hall–Kier alpha value is -2.98. The number of anilines is 2. The number of fused-ring (bicyclic) bond motifs is 1. The van der Waals surface area contributed by atoms with Crippen LogP contribution in [0.15, 0.2) is 47.4 Å². The molecule has 0 saturated carbocycles. The molecule has 0 aromatic heterocycles. The van der Waals surface area contributed by atoms with Gasteiger partial charge in [-0.2, -0.15) is 0 Å². The van der Waals surface area contributed by atoms with Gasteiger partial charge in [0.1, 0.15) is 6.61 Å². The van der Waals surface area contributed by atoms with Gasteiger partial charge in [0.05, 0.1) is 9.82 Å². The second kappa shape index (κ2) is 7.33. The van der Waals surface area contributed by atoms with Crippen LogP contribution in [0.4, 0.5) is 17.1 Å². The highest BCUT2D eigenvalue weighted by molar-refractivity contribution is 7.92. The Labute approximate surface area is 155 Å². The second-order valence-electron chi connectivity index (χ2n) is 5.93. The van der Waals surface area contributed by atoms with E-state index in [4.69, 9.17) is 4.74 Å². The van der Waals surface area contributed by atoms with Gasteiger partial charge >= 0.3 is 0 Å². The third-order valence-electron chi connectivity index (χ3n) is 4.13. The third kappa shape index (κ3) is 3.91. The van der Waals surface area contributed by atoms with Crippen molar-refractivity contribution in [1.82, 2.24) is 0 Å². The molecule has 3 rings (SSSR count). The molecule has 0 unspecified atom stereocenters. The molecule has 2 aromatic rings. The van der Waals surface area contributed by atoms with Crippen molar-refractivity contribution in [1.29, 1.82) is 0 Å². The fraction of sp³-hybridized carbons (Fsp3) is 0.235. The molecular weight excluding hydrogens is 374 g/mol. The number of hydrogen-bond donors (Lipinski definition) is 1. The molecule has 0 fully saturated rings. The van der Waals surface area contributed by atoms with Gasteiger partial charge in [0.2, 0.25) is 0 Å². The monoisotopic (exact) mass is 391 g/mol. The minimum Gasteiger partial charge on any atom is -0.375 e. The van der Waals surface area contributed by atoms with Gasteiger partial charge in [-0.25, -0.2) is 8.42 Å². The van der Waals surface area contributed by atoms with Crippen molar-refractivity contribution in [2.45, 2.75) is 11.3 Å². The van der Waals surface area contributed by atoms with Gasteiger partial charge in [0, 0.05) is 37.2 Å². The van der Waals surface area contributed by atoms with Crippen LogP contribution in [-0.2, 0) is 26.0 Å². The number of carbonyl (C=O) groups is 1. The number of nitrogens with one attached hydrogen (secondary N) is 1. The van der Waals surface area contributed by atoms with Crippen molar-refractivity contribution >= 4 is 33.0 Å². The molecular formula is C17H17N3O6S. The van der Waals surface area contributed by atoms with E-state index >= 15 is 0 Å². The Morgan fingerprint density at radius 2 is 2.07 bits per heavy atom. The summed E-state index contributed by atoms with van der Waals surface area (Å²) in [6.45, 7) is 0.471. The van der Waals surface area contributed by atoms with Gasteiger partial charge in [0.25, 0.3) is 21.6 Å². The van der Waals surface area contributed by atoms with Crippen molar-refractivity contribution in [3.8, 4) is 0 Å². The first-order valence-electron chi connectivity index (χ1n) is 8.01. The number of nitrogens with zero attached hydrogens (tertiary/aromatic N) is 2. The first-order valence-corrected chi connectivity index (χ1v) is 9.49. The summed E-state index contributed by atoms with van der Waals surface area (Å²) in [5.41, 5.74) is 1.56. The normalized spacial score (nSPS) is 13.3. The number of ether oxygens (including phenoxy) is 1. The predicted molar refractivity (Wildman–Crippen MR) is 98.3 cm³/mol. The van der Waals surface area contributed by atoms with E-state index in [1.165, 1.54) is 25.3 Å². The van der Waals surface area contributed by atoms with E-state index in [-0.39, 0.29) is 23.1 Å². The lowest BCUT2D eigenvalue weighted by molar-refractivity contribution is -0.385. The number of amides is 1. The van der Waals surface area contributed by atoms with Crippen molar-refractivity contribution in [3.63, 3.8) is 0 Å². The SMILES string of the molecule is COCC(=O)N1CCc2cc(NS(=O)(=O)c3cccc([N+](=O)[O-])c3)ccc21. The molecule has 0 radical (unpaired) electrons. The number of methoxy groups -OCH3 is 1. The number of sulfonamides is 1. The van der Waals surface area contributed by atoms with Crippen molar-refractivity contribution < 1.29 is 22.9 Å². The molecule has 1 heterocycles. The van der Waals surface area contributed by atoms with E-state index in [9.17, 15) is 23.3 Å². The minimum absolute atomic E-state index is 0.0272. The number of hydrogen-bond acceptors (Lipinski definition) is 6. The Morgan fingerprint density at radius 1 is 1.30 bits per heavy atom. The zero-order valence-corrected chi connectivity index (χ0v) is 15.2. The summed E-state index contributed by atoms with van der Waals surface area (Å²) >= 11 is 0. The highest BCUT2D eigenvalue weighted by atomic mass is 32.2. The van der Waals surface area contributed by atoms with Crippen LogP contribution in [0, 0.1) is 10.1 Å². The standard InChI is InChI=1S/C17H17N3O6S/c1-26-11-17(21)19-8-7-12-9-13(5-6-16(12)19)18-27(24,25)15-4-2-3-14(10-15)20(22)23/h2-6,9-10,18H,7-8,11H2,1H3. The van der Waals surface area contributed by atoms with Crippen LogP contribution in [0.1, 0.15) is 5.56 Å². The van der Waals surface area contributed by atoms with Gasteiger partial charge in [0.15, 0.2) is 0 Å². The molecule has 0 bridgehead atoms. The van der Waals surface area contributed by atoms with Crippen molar-refractivity contribution in [2.75, 3.05) is 29.9 Å². The Morgan fingerprint density at radius 3 is 2.78 bits per heavy atom. The van der Waals surface area contributed by atoms with Gasteiger partial charge in [-0.3, -0.25) is 19.6 Å². The third-order valence-corrected chi connectivity index (χ3v) is 5.51. The first-order chi connectivity index (χ1) is 12.8. The van der Waals surface area contributed by atoms with Crippen LogP contribution in [0.3, 0.4) is 0 Å². The second-order valence-corrected chi connectivity index (χ2v) is 7.61. The maximum Gasteiger partial charge on any atom is 0.270 e. The van der Waals surface area contributed by atoms with E-state index < -0.39 is 14.9 Å². The number of non-ortho nitro benzene ring substituents is 1. The summed E-state index contributed by atoms with van der Waals surface area (Å²) in [6, 6.07) is 9.70. The molecule has 0 spiro atoms. The topological polar surface area (TPSA) is 119 Å². The molecule has 1 amide bonds. The molecule has 1 aliphatic rings. The lowest BCUT2D eigenvalue weighted by atomic mass is 10.1. The average Bonchev–Trinajstić information content (AvgIpc) is 3.05. The molecule has 10 heteroatoms. The zero-order chi connectivity index (χ0) is 19.6. The van der Waals surface area contributed by atoms with E-state index in [0.717, 1.165) is 17.3 Å². The lowest BCUT2D eigenvalue weighted by Crippen LogP contribution is -2.31. The lowest BCUT2D eigenvalue weighted by Gasteiger charge is -2.17. The zero-order valence-electron chi connectivity index (χ0n) is 14.4. The summed E-state index contributed by atoms with van der Waals surface area (Å²) in [5, 5.41) is 10.8. The number of nitro groups is 1. The average molecular weight is 391 g/mol. The molecule has 0 aliphatic carbocycles. The van der Waals surface area contributed by atoms with E-state index in [1.54, 1.807) is 23.1 Å². The van der Waals surface area contributed by atoms with Crippen molar-refractivity contribution in [2.24, 2.45) is 0 Å². The Kier molecular flexibility index (Phi) is 5.10. The number of benzene rings is 2. The highest BCUT2D eigenvalue weighted by Gasteiger charge is 2.25. The number of carbonyl (C=O) groups excluding carboxylic acids is 1. The smallest absolute Gasteiger partial charge is 0.270 e. The van der Waals surface area contributed by atoms with Gasteiger partial charge < -0.3 is 9.64 Å². The summed E-state index contributed by atoms with van der Waals surface area (Å²) in [4.78, 5) is 23.6. The van der Waals surface area contributed by atoms with Crippen LogP contribution >= 0.6 is 0 Å². The number of rotatable bonds is 6. The Balaban J connectivity index is 1.84. The fourth-order valence-corrected chi connectivity index (χ4v) is 3.99. The molecule has 1 N–H and O–H groups in total. The highest BCUT2D eigenvalue weighted by Crippen LogP contribution is 2.31. The van der Waals surface area contributed by atoms with Crippen LogP contribution in [0.25, 0.3) is 0 Å².